The van der Waals surface area contributed by atoms with Crippen LogP contribution in [0.15, 0.2) is 24.3 Å². The van der Waals surface area contributed by atoms with E-state index in [1.807, 2.05) is 24.3 Å². The number of amides is 1. The van der Waals surface area contributed by atoms with Crippen molar-refractivity contribution in [1.82, 2.24) is 16.2 Å². The Labute approximate surface area is 132 Å². The molecule has 0 aliphatic heterocycles. The summed E-state index contributed by atoms with van der Waals surface area (Å²) in [5.74, 6) is 0.267. The molecule has 0 fully saturated rings. The molecule has 0 spiro atoms. The summed E-state index contributed by atoms with van der Waals surface area (Å²) < 4.78 is 0. The summed E-state index contributed by atoms with van der Waals surface area (Å²) in [5, 5.41) is 3.50. The molecule has 0 saturated carbocycles. The predicted molar refractivity (Wildman–Crippen MR) is 91.3 cm³/mol. The van der Waals surface area contributed by atoms with Crippen LogP contribution in [0.5, 0.6) is 0 Å². The molecule has 1 rings (SSSR count). The van der Waals surface area contributed by atoms with Crippen molar-refractivity contribution in [2.75, 3.05) is 6.54 Å². The fourth-order valence-corrected chi connectivity index (χ4v) is 1.98. The molecule has 0 aliphatic carbocycles. The van der Waals surface area contributed by atoms with Crippen molar-refractivity contribution in [2.45, 2.75) is 46.0 Å². The second-order valence-electron chi connectivity index (χ2n) is 5.32. The minimum atomic E-state index is -0.192. The number of hydrogen-bond donors (Lipinski definition) is 3. The molecule has 0 heterocycles. The molecule has 1 amide bonds. The van der Waals surface area contributed by atoms with Gasteiger partial charge in [-0.3, -0.25) is 15.6 Å². The predicted octanol–water partition coefficient (Wildman–Crippen LogP) is 3.11. The van der Waals surface area contributed by atoms with Gasteiger partial charge in [0.1, 0.15) is 0 Å². The fourth-order valence-electron chi connectivity index (χ4n) is 1.83. The third kappa shape index (κ3) is 6.58. The number of carbonyl (C=O) groups excluding carboxylic acids is 1. The van der Waals surface area contributed by atoms with Gasteiger partial charge < -0.3 is 5.32 Å². The molecule has 0 bridgehead atoms. The third-order valence-corrected chi connectivity index (χ3v) is 3.44. The monoisotopic (exact) mass is 307 g/mol. The number of hydrogen-bond acceptors (Lipinski definition) is 2. The van der Waals surface area contributed by atoms with Gasteiger partial charge in [-0.05, 0) is 42.3 Å². The summed E-state index contributed by atoms with van der Waals surface area (Å²) in [7, 11) is 0. The zero-order valence-corrected chi connectivity index (χ0v) is 13.8. The van der Waals surface area contributed by atoms with Crippen molar-refractivity contribution in [2.24, 2.45) is 0 Å². The Morgan fingerprint density at radius 1 is 1.14 bits per heavy atom. The van der Waals surface area contributed by atoms with Crippen LogP contribution in [0.4, 0.5) is 0 Å². The van der Waals surface area contributed by atoms with Gasteiger partial charge in [-0.1, -0.05) is 45.7 Å². The molecule has 1 aromatic carbocycles. The van der Waals surface area contributed by atoms with Gasteiger partial charge in [0.05, 0.1) is 0 Å². The Morgan fingerprint density at radius 3 is 2.38 bits per heavy atom. The van der Waals surface area contributed by atoms with Gasteiger partial charge in [-0.25, -0.2) is 0 Å². The number of rotatable bonds is 6. The minimum Gasteiger partial charge on any atom is -0.361 e. The van der Waals surface area contributed by atoms with Gasteiger partial charge in [0.15, 0.2) is 5.11 Å². The van der Waals surface area contributed by atoms with Gasteiger partial charge in [0.25, 0.3) is 5.91 Å². The fraction of sp³-hybridized carbons (Fsp3) is 0.500. The lowest BCUT2D eigenvalue weighted by molar-refractivity contribution is 0.0943. The van der Waals surface area contributed by atoms with E-state index < -0.39 is 0 Å². The van der Waals surface area contributed by atoms with Gasteiger partial charge in [0.2, 0.25) is 0 Å². The average Bonchev–Trinajstić information content (AvgIpc) is 2.49. The highest BCUT2D eigenvalue weighted by Gasteiger charge is 2.06. The van der Waals surface area contributed by atoms with E-state index in [0.717, 1.165) is 13.0 Å². The Hall–Kier alpha value is -1.62. The maximum absolute atomic E-state index is 11.9. The van der Waals surface area contributed by atoms with E-state index in [9.17, 15) is 4.79 Å². The average molecular weight is 307 g/mol. The molecule has 3 N–H and O–H groups in total. The van der Waals surface area contributed by atoms with Crippen LogP contribution in [0, 0.1) is 0 Å². The third-order valence-electron chi connectivity index (χ3n) is 3.19. The first-order valence-corrected chi connectivity index (χ1v) is 7.89. The first-order valence-electron chi connectivity index (χ1n) is 7.48. The maximum atomic E-state index is 11.9. The second-order valence-corrected chi connectivity index (χ2v) is 5.73. The van der Waals surface area contributed by atoms with Gasteiger partial charge in [-0.2, -0.15) is 0 Å². The molecule has 0 saturated heterocycles. The molecule has 1 aromatic rings. The molecular weight excluding hydrogens is 282 g/mol. The first kappa shape index (κ1) is 17.4. The van der Waals surface area contributed by atoms with Crippen LogP contribution in [0.1, 0.15) is 61.9 Å². The second kappa shape index (κ2) is 9.34. The molecule has 4 nitrogen and oxygen atoms in total. The Morgan fingerprint density at radius 2 is 1.81 bits per heavy atom. The number of nitrogens with one attached hydrogen (secondary N) is 3. The summed E-state index contributed by atoms with van der Waals surface area (Å²) in [6.07, 6.45) is 3.41. The summed E-state index contributed by atoms with van der Waals surface area (Å²) >= 11 is 5.09. The van der Waals surface area contributed by atoms with Crippen LogP contribution < -0.4 is 16.2 Å². The first-order chi connectivity index (χ1) is 10.0. The van der Waals surface area contributed by atoms with Crippen LogP contribution in [0.3, 0.4) is 0 Å². The smallest absolute Gasteiger partial charge is 0.269 e. The van der Waals surface area contributed by atoms with Crippen LogP contribution in [0.25, 0.3) is 0 Å². The van der Waals surface area contributed by atoms with E-state index in [2.05, 4.69) is 36.9 Å². The van der Waals surface area contributed by atoms with Gasteiger partial charge >= 0.3 is 0 Å². The van der Waals surface area contributed by atoms with E-state index in [4.69, 9.17) is 12.2 Å². The maximum Gasteiger partial charge on any atom is 0.269 e. The molecule has 0 aromatic heterocycles. The van der Waals surface area contributed by atoms with Crippen molar-refractivity contribution in [3.05, 3.63) is 35.4 Å². The normalized spacial score (nSPS) is 10.3. The summed E-state index contributed by atoms with van der Waals surface area (Å²) in [6.45, 7) is 7.22. The number of benzene rings is 1. The zero-order chi connectivity index (χ0) is 15.7. The topological polar surface area (TPSA) is 53.2 Å². The summed E-state index contributed by atoms with van der Waals surface area (Å²) in [6, 6.07) is 7.59. The molecule has 0 unspecified atom stereocenters. The Balaban J connectivity index is 2.34. The SMILES string of the molecule is CCCCCNC(=S)NNC(=O)c1ccc(C(C)C)cc1. The molecule has 116 valence electrons. The Bertz CT molecular complexity index is 457. The van der Waals surface area contributed by atoms with Crippen molar-refractivity contribution in [3.63, 3.8) is 0 Å². The molecule has 0 aliphatic rings. The van der Waals surface area contributed by atoms with Gasteiger partial charge in [0, 0.05) is 12.1 Å². The highest BCUT2D eigenvalue weighted by Crippen LogP contribution is 2.14. The molecular formula is C16H25N3OS. The van der Waals surface area contributed by atoms with E-state index >= 15 is 0 Å². The van der Waals surface area contributed by atoms with E-state index in [0.29, 0.717) is 16.6 Å². The van der Waals surface area contributed by atoms with Crippen molar-refractivity contribution < 1.29 is 4.79 Å². The largest absolute Gasteiger partial charge is 0.361 e. The van der Waals surface area contributed by atoms with Crippen LogP contribution >= 0.6 is 12.2 Å². The van der Waals surface area contributed by atoms with Crippen molar-refractivity contribution >= 4 is 23.2 Å². The van der Waals surface area contributed by atoms with Crippen LogP contribution in [-0.4, -0.2) is 17.6 Å². The highest BCUT2D eigenvalue weighted by molar-refractivity contribution is 7.80. The number of unbranched alkanes of at least 4 members (excludes halogenated alkanes) is 2. The van der Waals surface area contributed by atoms with E-state index in [-0.39, 0.29) is 5.91 Å². The van der Waals surface area contributed by atoms with Gasteiger partial charge in [-0.15, -0.1) is 0 Å². The zero-order valence-electron chi connectivity index (χ0n) is 13.0. The Kier molecular flexibility index (Phi) is 7.75. The summed E-state index contributed by atoms with van der Waals surface area (Å²) in [4.78, 5) is 11.9. The quantitative estimate of drug-likeness (QED) is 0.429. The minimum absolute atomic E-state index is 0.192. The molecule has 21 heavy (non-hydrogen) atoms. The van der Waals surface area contributed by atoms with Crippen molar-refractivity contribution in [1.29, 1.82) is 0 Å². The van der Waals surface area contributed by atoms with Crippen LogP contribution in [-0.2, 0) is 0 Å². The lowest BCUT2D eigenvalue weighted by Crippen LogP contribution is -2.46. The number of thiocarbonyl (C=S) groups is 1. The molecule has 0 atom stereocenters. The van der Waals surface area contributed by atoms with E-state index in [1.54, 1.807) is 0 Å². The molecule has 5 heteroatoms. The molecule has 0 radical (unpaired) electrons. The summed E-state index contributed by atoms with van der Waals surface area (Å²) in [5.41, 5.74) is 7.14. The standard InChI is InChI=1S/C16H25N3OS/c1-4-5-6-11-17-16(21)19-18-15(20)14-9-7-13(8-10-14)12(2)3/h7-10,12H,4-6,11H2,1-3H3,(H,18,20)(H2,17,19,21). The number of carbonyl (C=O) groups is 1. The van der Waals surface area contributed by atoms with Crippen molar-refractivity contribution in [3.8, 4) is 0 Å². The highest BCUT2D eigenvalue weighted by atomic mass is 32.1. The number of hydrazine groups is 1. The van der Waals surface area contributed by atoms with Crippen LogP contribution in [0.2, 0.25) is 0 Å². The lowest BCUT2D eigenvalue weighted by atomic mass is 10.0. The lowest BCUT2D eigenvalue weighted by Gasteiger charge is -2.12. The van der Waals surface area contributed by atoms with E-state index in [1.165, 1.54) is 18.4 Å².